The van der Waals surface area contributed by atoms with Crippen molar-refractivity contribution in [3.63, 3.8) is 0 Å². The number of nitrogens with zero attached hydrogens (tertiary/aromatic N) is 3. The van der Waals surface area contributed by atoms with Gasteiger partial charge in [0.1, 0.15) is 5.82 Å². The van der Waals surface area contributed by atoms with Crippen molar-refractivity contribution >= 4 is 17.2 Å². The summed E-state index contributed by atoms with van der Waals surface area (Å²) in [7, 11) is 0. The first-order chi connectivity index (χ1) is 20.2. The number of rotatable bonds is 5. The molecule has 2 N–H and O–H groups in total. The Labute approximate surface area is 272 Å². The fourth-order valence-electron chi connectivity index (χ4n) is 6.24. The number of hydrogen-bond acceptors (Lipinski definition) is 5. The highest BCUT2D eigenvalue weighted by Gasteiger charge is 2.30. The van der Waals surface area contributed by atoms with Gasteiger partial charge in [-0.2, -0.15) is 0 Å². The van der Waals surface area contributed by atoms with Gasteiger partial charge in [0.05, 0.1) is 9.88 Å². The summed E-state index contributed by atoms with van der Waals surface area (Å²) in [5.74, 6) is 8.11. The van der Waals surface area contributed by atoms with Crippen molar-refractivity contribution in [2.24, 2.45) is 5.41 Å². The Kier molecular flexibility index (Phi) is 9.80. The summed E-state index contributed by atoms with van der Waals surface area (Å²) in [5, 5.41) is 1.25. The number of aromatic nitrogens is 2. The predicted molar refractivity (Wildman–Crippen MR) is 191 cm³/mol. The molecule has 1 aliphatic heterocycles. The van der Waals surface area contributed by atoms with Crippen LogP contribution in [0.3, 0.4) is 0 Å². The first-order valence-electron chi connectivity index (χ1n) is 16.4. The van der Waals surface area contributed by atoms with Crippen LogP contribution in [0.2, 0.25) is 0 Å². The molecule has 3 heterocycles. The van der Waals surface area contributed by atoms with E-state index in [0.717, 1.165) is 42.6 Å². The Hall–Kier alpha value is -2.68. The van der Waals surface area contributed by atoms with Crippen LogP contribution in [0.5, 0.6) is 0 Å². The second-order valence-electron chi connectivity index (χ2n) is 16.8. The van der Waals surface area contributed by atoms with E-state index >= 15 is 0 Å². The van der Waals surface area contributed by atoms with Gasteiger partial charge in [0.2, 0.25) is 0 Å². The SMILES string of the molecule is CC(C)(C)C#Cc1cc(CCc2cc(-c3cnc(C4CCN(C(C)(C)C)CC4)s3)cnc2N)c(C(C)(C)C)c(C(C)(C)C)c1. The molecule has 0 amide bonds. The number of pyridine rings is 1. The number of nitrogen functional groups attached to an aromatic ring is 1. The van der Waals surface area contributed by atoms with Crippen molar-refractivity contribution in [3.8, 4) is 22.3 Å². The lowest BCUT2D eigenvalue weighted by atomic mass is 9.72. The molecule has 0 atom stereocenters. The molecule has 0 unspecified atom stereocenters. The van der Waals surface area contributed by atoms with Gasteiger partial charge in [-0.05, 0) is 132 Å². The predicted octanol–water partition coefficient (Wildman–Crippen LogP) is 9.54. The molecule has 1 fully saturated rings. The Morgan fingerprint density at radius 3 is 2.02 bits per heavy atom. The Balaban J connectivity index is 1.62. The average molecular weight is 613 g/mol. The summed E-state index contributed by atoms with van der Waals surface area (Å²) in [6.45, 7) is 29.6. The highest BCUT2D eigenvalue weighted by molar-refractivity contribution is 7.15. The summed E-state index contributed by atoms with van der Waals surface area (Å²) in [5.41, 5.74) is 14.2. The molecule has 2 aromatic heterocycles. The minimum atomic E-state index is -0.0500. The van der Waals surface area contributed by atoms with E-state index in [1.165, 1.54) is 39.4 Å². The quantitative estimate of drug-likeness (QED) is 0.292. The van der Waals surface area contributed by atoms with Crippen LogP contribution in [-0.4, -0.2) is 33.5 Å². The molecule has 0 spiro atoms. The lowest BCUT2D eigenvalue weighted by Gasteiger charge is -2.40. The van der Waals surface area contributed by atoms with E-state index in [-0.39, 0.29) is 21.8 Å². The van der Waals surface area contributed by atoms with E-state index in [2.05, 4.69) is 123 Å². The summed E-state index contributed by atoms with van der Waals surface area (Å²) in [6, 6.07) is 6.89. The molecule has 0 radical (unpaired) electrons. The van der Waals surface area contributed by atoms with Gasteiger partial charge in [0.15, 0.2) is 0 Å². The Morgan fingerprint density at radius 2 is 1.45 bits per heavy atom. The van der Waals surface area contributed by atoms with Crippen LogP contribution in [0, 0.1) is 17.3 Å². The number of likely N-dealkylation sites (tertiary alicyclic amines) is 1. The number of hydrogen-bond donors (Lipinski definition) is 1. The average Bonchev–Trinajstić information content (AvgIpc) is 3.39. The normalized spacial score (nSPS) is 15.7. The largest absolute Gasteiger partial charge is 0.383 e. The van der Waals surface area contributed by atoms with E-state index < -0.39 is 0 Å². The maximum atomic E-state index is 6.50. The lowest BCUT2D eigenvalue weighted by molar-refractivity contribution is 0.102. The number of nitrogens with two attached hydrogens (primary N) is 1. The molecule has 4 rings (SSSR count). The van der Waals surface area contributed by atoms with Crippen LogP contribution in [0.25, 0.3) is 10.4 Å². The van der Waals surface area contributed by atoms with Crippen molar-refractivity contribution in [1.29, 1.82) is 0 Å². The number of piperidine rings is 1. The van der Waals surface area contributed by atoms with Gasteiger partial charge >= 0.3 is 0 Å². The third-order valence-corrected chi connectivity index (χ3v) is 9.83. The summed E-state index contributed by atoms with van der Waals surface area (Å²) >= 11 is 1.82. The third kappa shape index (κ3) is 8.52. The van der Waals surface area contributed by atoms with E-state index in [4.69, 9.17) is 10.7 Å². The smallest absolute Gasteiger partial charge is 0.126 e. The van der Waals surface area contributed by atoms with E-state index in [1.807, 2.05) is 23.7 Å². The summed E-state index contributed by atoms with van der Waals surface area (Å²) in [6.07, 6.45) is 8.00. The van der Waals surface area contributed by atoms with Gasteiger partial charge in [-0.15, -0.1) is 11.3 Å². The first kappa shape index (κ1) is 34.2. The number of benzene rings is 1. The van der Waals surface area contributed by atoms with Crippen molar-refractivity contribution in [2.75, 3.05) is 18.8 Å². The van der Waals surface area contributed by atoms with E-state index in [9.17, 15) is 0 Å². The maximum absolute atomic E-state index is 6.50. The zero-order valence-corrected chi connectivity index (χ0v) is 30.4. The van der Waals surface area contributed by atoms with Gasteiger partial charge in [-0.1, -0.05) is 53.4 Å². The standard InChI is InChI=1S/C39H56N4S/c1-36(2,3)18-15-26-21-28(33(38(7,8)9)31(22-26)37(4,5)6)13-14-29-23-30(24-41-34(29)40)32-25-42-35(44-32)27-16-19-43(20-17-27)39(10,11)12/h21-25,27H,13-14,16-17,19-20H2,1-12H3,(H2,40,41). The molecule has 44 heavy (non-hydrogen) atoms. The second kappa shape index (κ2) is 12.6. The Bertz CT molecular complexity index is 1520. The van der Waals surface area contributed by atoms with Gasteiger partial charge < -0.3 is 5.73 Å². The van der Waals surface area contributed by atoms with Crippen LogP contribution in [0.15, 0.2) is 30.6 Å². The van der Waals surface area contributed by atoms with E-state index in [1.54, 1.807) is 0 Å². The lowest BCUT2D eigenvalue weighted by Crippen LogP contribution is -2.45. The maximum Gasteiger partial charge on any atom is 0.126 e. The summed E-state index contributed by atoms with van der Waals surface area (Å²) in [4.78, 5) is 13.3. The van der Waals surface area contributed by atoms with Crippen LogP contribution in [0.4, 0.5) is 5.82 Å². The fourth-order valence-corrected chi connectivity index (χ4v) is 7.31. The topological polar surface area (TPSA) is 55.0 Å². The number of thiazole rings is 1. The van der Waals surface area contributed by atoms with Crippen LogP contribution >= 0.6 is 11.3 Å². The molecule has 1 aromatic carbocycles. The van der Waals surface area contributed by atoms with Crippen molar-refractivity contribution in [1.82, 2.24) is 14.9 Å². The van der Waals surface area contributed by atoms with Crippen molar-refractivity contribution in [3.05, 3.63) is 63.4 Å². The van der Waals surface area contributed by atoms with Gasteiger partial charge in [0, 0.05) is 40.4 Å². The molecule has 4 nitrogen and oxygen atoms in total. The van der Waals surface area contributed by atoms with Crippen molar-refractivity contribution in [2.45, 2.75) is 131 Å². The minimum Gasteiger partial charge on any atom is -0.383 e. The molecule has 3 aromatic rings. The van der Waals surface area contributed by atoms with Gasteiger partial charge in [-0.3, -0.25) is 4.90 Å². The molecule has 0 aliphatic carbocycles. The zero-order valence-electron chi connectivity index (χ0n) is 29.5. The molecule has 0 saturated carbocycles. The van der Waals surface area contributed by atoms with Crippen LogP contribution in [-0.2, 0) is 23.7 Å². The monoisotopic (exact) mass is 612 g/mol. The molecule has 5 heteroatoms. The molecule has 238 valence electrons. The van der Waals surface area contributed by atoms with Gasteiger partial charge in [-0.25, -0.2) is 9.97 Å². The molecule has 0 bridgehead atoms. The third-order valence-electron chi connectivity index (χ3n) is 8.63. The molecular weight excluding hydrogens is 557 g/mol. The number of anilines is 1. The summed E-state index contributed by atoms with van der Waals surface area (Å²) < 4.78 is 0. The highest BCUT2D eigenvalue weighted by atomic mass is 32.1. The van der Waals surface area contributed by atoms with Crippen molar-refractivity contribution < 1.29 is 0 Å². The zero-order chi connectivity index (χ0) is 32.7. The van der Waals surface area contributed by atoms with Crippen LogP contribution in [0.1, 0.15) is 135 Å². The van der Waals surface area contributed by atoms with E-state index in [0.29, 0.717) is 11.7 Å². The fraction of sp³-hybridized carbons (Fsp3) is 0.590. The molecular formula is C39H56N4S. The minimum absolute atomic E-state index is 0.00163. The first-order valence-corrected chi connectivity index (χ1v) is 17.2. The highest BCUT2D eigenvalue weighted by Crippen LogP contribution is 2.39. The molecule has 1 saturated heterocycles. The van der Waals surface area contributed by atoms with Crippen LogP contribution < -0.4 is 5.73 Å². The van der Waals surface area contributed by atoms with Gasteiger partial charge in [0.25, 0.3) is 0 Å². The number of aryl methyl sites for hydroxylation is 2. The second-order valence-corrected chi connectivity index (χ2v) is 17.9. The molecule has 1 aliphatic rings. The Morgan fingerprint density at radius 1 is 0.818 bits per heavy atom.